The number of anilines is 1. The fourth-order valence-electron chi connectivity index (χ4n) is 2.14. The maximum absolute atomic E-state index is 12.6. The summed E-state index contributed by atoms with van der Waals surface area (Å²) in [6.07, 6.45) is 0. The maximum Gasteiger partial charge on any atom is 0.194 e. The molecule has 2 aromatic rings. The monoisotopic (exact) mass is 367 g/mol. The molecule has 0 unspecified atom stereocenters. The van der Waals surface area contributed by atoms with Crippen LogP contribution in [0.1, 0.15) is 15.9 Å². The number of halogens is 2. The zero-order chi connectivity index (χ0) is 15.0. The van der Waals surface area contributed by atoms with E-state index in [4.69, 9.17) is 26.8 Å². The van der Waals surface area contributed by atoms with Gasteiger partial charge in [-0.15, -0.1) is 0 Å². The van der Waals surface area contributed by atoms with Crippen LogP contribution in [0.15, 0.2) is 34.8 Å². The fraction of sp³-hybridized carbons (Fsp3) is 0.133. The fourth-order valence-corrected chi connectivity index (χ4v) is 2.89. The van der Waals surface area contributed by atoms with Crippen LogP contribution in [0.3, 0.4) is 0 Å². The molecule has 6 heteroatoms. The predicted molar refractivity (Wildman–Crippen MR) is 84.4 cm³/mol. The maximum atomic E-state index is 12.6. The molecule has 0 saturated carbocycles. The number of benzene rings is 2. The summed E-state index contributed by atoms with van der Waals surface area (Å²) >= 11 is 9.51. The number of hydrogen-bond acceptors (Lipinski definition) is 4. The Labute approximate surface area is 134 Å². The molecule has 1 aliphatic rings. The van der Waals surface area contributed by atoms with Gasteiger partial charge in [0.25, 0.3) is 0 Å². The summed E-state index contributed by atoms with van der Waals surface area (Å²) in [7, 11) is 0. The number of rotatable bonds is 2. The molecule has 0 bridgehead atoms. The molecule has 21 heavy (non-hydrogen) atoms. The van der Waals surface area contributed by atoms with Crippen LogP contribution in [0, 0.1) is 0 Å². The van der Waals surface area contributed by atoms with Crippen LogP contribution in [0.2, 0.25) is 5.02 Å². The third-order valence-corrected chi connectivity index (χ3v) is 3.83. The van der Waals surface area contributed by atoms with Crippen LogP contribution >= 0.6 is 27.5 Å². The summed E-state index contributed by atoms with van der Waals surface area (Å²) in [5.74, 6) is 0.860. The van der Waals surface area contributed by atoms with Gasteiger partial charge in [-0.05, 0) is 24.3 Å². The average Bonchev–Trinajstić information content (AvgIpc) is 2.44. The van der Waals surface area contributed by atoms with Crippen molar-refractivity contribution in [2.75, 3.05) is 18.9 Å². The largest absolute Gasteiger partial charge is 0.486 e. The molecule has 0 amide bonds. The van der Waals surface area contributed by atoms with E-state index in [-0.39, 0.29) is 5.78 Å². The highest BCUT2D eigenvalue weighted by atomic mass is 79.9. The highest BCUT2D eigenvalue weighted by Gasteiger charge is 2.20. The molecule has 2 N–H and O–H groups in total. The van der Waals surface area contributed by atoms with Crippen molar-refractivity contribution in [3.8, 4) is 11.5 Å². The number of hydrogen-bond donors (Lipinski definition) is 1. The van der Waals surface area contributed by atoms with Crippen LogP contribution < -0.4 is 15.2 Å². The van der Waals surface area contributed by atoms with Gasteiger partial charge in [0.1, 0.15) is 13.2 Å². The van der Waals surface area contributed by atoms with Gasteiger partial charge in [-0.3, -0.25) is 4.79 Å². The van der Waals surface area contributed by atoms with Gasteiger partial charge >= 0.3 is 0 Å². The van der Waals surface area contributed by atoms with Crippen molar-refractivity contribution in [1.82, 2.24) is 0 Å². The third-order valence-electron chi connectivity index (χ3n) is 3.06. The number of nitrogen functional groups attached to an aromatic ring is 1. The van der Waals surface area contributed by atoms with Gasteiger partial charge in [-0.2, -0.15) is 0 Å². The topological polar surface area (TPSA) is 61.6 Å². The molecular weight excluding hydrogens is 358 g/mol. The van der Waals surface area contributed by atoms with Crippen LogP contribution in [-0.2, 0) is 0 Å². The molecule has 1 aliphatic heterocycles. The van der Waals surface area contributed by atoms with Crippen molar-refractivity contribution in [1.29, 1.82) is 0 Å². The molecule has 0 fully saturated rings. The van der Waals surface area contributed by atoms with E-state index >= 15 is 0 Å². The molecule has 0 saturated heterocycles. The van der Waals surface area contributed by atoms with Gasteiger partial charge in [0.05, 0.1) is 5.02 Å². The summed E-state index contributed by atoms with van der Waals surface area (Å²) in [6.45, 7) is 0.922. The Kier molecular flexibility index (Phi) is 3.78. The summed E-state index contributed by atoms with van der Waals surface area (Å²) in [4.78, 5) is 12.6. The Morgan fingerprint density at radius 1 is 1.10 bits per heavy atom. The van der Waals surface area contributed by atoms with Gasteiger partial charge in [0, 0.05) is 27.4 Å². The van der Waals surface area contributed by atoms with Crippen molar-refractivity contribution < 1.29 is 14.3 Å². The van der Waals surface area contributed by atoms with E-state index in [1.165, 1.54) is 0 Å². The first-order valence-corrected chi connectivity index (χ1v) is 7.41. The standard InChI is InChI=1S/C15H11BrClNO3/c16-9-3-8(4-10(18)5-9)15(19)11-6-13-14(7-12(11)17)21-2-1-20-13/h3-7H,1-2,18H2. The summed E-state index contributed by atoms with van der Waals surface area (Å²) < 4.78 is 11.7. The Hall–Kier alpha value is -1.72. The van der Waals surface area contributed by atoms with Crippen LogP contribution in [0.5, 0.6) is 11.5 Å². The molecule has 4 nitrogen and oxygen atoms in total. The van der Waals surface area contributed by atoms with E-state index in [0.29, 0.717) is 46.5 Å². The van der Waals surface area contributed by atoms with E-state index in [0.717, 1.165) is 4.47 Å². The first-order valence-electron chi connectivity index (χ1n) is 6.24. The minimum atomic E-state index is -0.218. The van der Waals surface area contributed by atoms with Gasteiger partial charge < -0.3 is 15.2 Å². The first kappa shape index (κ1) is 14.2. The van der Waals surface area contributed by atoms with Gasteiger partial charge in [0.15, 0.2) is 17.3 Å². The normalized spacial score (nSPS) is 13.0. The van der Waals surface area contributed by atoms with E-state index < -0.39 is 0 Å². The Morgan fingerprint density at radius 3 is 2.43 bits per heavy atom. The molecule has 0 aliphatic carbocycles. The molecule has 1 heterocycles. The number of ketones is 1. The minimum Gasteiger partial charge on any atom is -0.486 e. The SMILES string of the molecule is Nc1cc(Br)cc(C(=O)c2cc3c(cc2Cl)OCCO3)c1. The van der Waals surface area contributed by atoms with E-state index in [2.05, 4.69) is 15.9 Å². The van der Waals surface area contributed by atoms with Gasteiger partial charge in [-0.25, -0.2) is 0 Å². The lowest BCUT2D eigenvalue weighted by Gasteiger charge is -2.19. The van der Waals surface area contributed by atoms with Gasteiger partial charge in [0.2, 0.25) is 0 Å². The third kappa shape index (κ3) is 2.84. The molecule has 0 radical (unpaired) electrons. The molecule has 0 aromatic heterocycles. The summed E-state index contributed by atoms with van der Waals surface area (Å²) in [5.41, 5.74) is 7.08. The molecule has 0 atom stereocenters. The lowest BCUT2D eigenvalue weighted by atomic mass is 10.0. The lowest BCUT2D eigenvalue weighted by molar-refractivity contribution is 0.103. The Morgan fingerprint density at radius 2 is 1.76 bits per heavy atom. The number of fused-ring (bicyclic) bond motifs is 1. The molecule has 2 aromatic carbocycles. The zero-order valence-electron chi connectivity index (χ0n) is 10.9. The van der Waals surface area contributed by atoms with Crippen molar-refractivity contribution in [3.63, 3.8) is 0 Å². The van der Waals surface area contributed by atoms with E-state index in [9.17, 15) is 4.79 Å². The number of carbonyl (C=O) groups is 1. The molecule has 0 spiro atoms. The highest BCUT2D eigenvalue weighted by Crippen LogP contribution is 2.36. The van der Waals surface area contributed by atoms with Crippen LogP contribution in [0.4, 0.5) is 5.69 Å². The van der Waals surface area contributed by atoms with Crippen LogP contribution in [0.25, 0.3) is 0 Å². The summed E-state index contributed by atoms with van der Waals surface area (Å²) in [6, 6.07) is 8.25. The predicted octanol–water partition coefficient (Wildman–Crippen LogP) is 3.69. The molecule has 3 rings (SSSR count). The highest BCUT2D eigenvalue weighted by molar-refractivity contribution is 9.10. The quantitative estimate of drug-likeness (QED) is 0.649. The minimum absolute atomic E-state index is 0.218. The van der Waals surface area contributed by atoms with E-state index in [1.807, 2.05) is 0 Å². The number of carbonyl (C=O) groups excluding carboxylic acids is 1. The Balaban J connectivity index is 2.05. The smallest absolute Gasteiger partial charge is 0.194 e. The molecular formula is C15H11BrClNO3. The summed E-state index contributed by atoms with van der Waals surface area (Å²) in [5, 5.41) is 0.322. The zero-order valence-corrected chi connectivity index (χ0v) is 13.2. The van der Waals surface area contributed by atoms with Crippen molar-refractivity contribution in [3.05, 3.63) is 51.0 Å². The average molecular weight is 369 g/mol. The van der Waals surface area contributed by atoms with Crippen molar-refractivity contribution in [2.45, 2.75) is 0 Å². The lowest BCUT2D eigenvalue weighted by Crippen LogP contribution is -2.16. The first-order chi connectivity index (χ1) is 10.0. The van der Waals surface area contributed by atoms with Gasteiger partial charge in [-0.1, -0.05) is 27.5 Å². The second-order valence-electron chi connectivity index (χ2n) is 4.58. The number of nitrogens with two attached hydrogens (primary N) is 1. The second kappa shape index (κ2) is 5.58. The van der Waals surface area contributed by atoms with Crippen LogP contribution in [-0.4, -0.2) is 19.0 Å². The molecule has 108 valence electrons. The Bertz CT molecular complexity index is 713. The van der Waals surface area contributed by atoms with Crippen molar-refractivity contribution in [2.24, 2.45) is 0 Å². The second-order valence-corrected chi connectivity index (χ2v) is 5.90. The van der Waals surface area contributed by atoms with Crippen molar-refractivity contribution >= 4 is 39.0 Å². The number of ether oxygens (including phenoxy) is 2. The van der Waals surface area contributed by atoms with E-state index in [1.54, 1.807) is 30.3 Å².